The molecule has 0 bridgehead atoms. The van der Waals surface area contributed by atoms with Gasteiger partial charge in [-0.25, -0.2) is 31.6 Å². The van der Waals surface area contributed by atoms with Crippen LogP contribution in [0.1, 0.15) is 34.5 Å². The summed E-state index contributed by atoms with van der Waals surface area (Å²) in [5.74, 6) is -3.09. The summed E-state index contributed by atoms with van der Waals surface area (Å²) in [5, 5.41) is 3.37. The summed E-state index contributed by atoms with van der Waals surface area (Å²) in [7, 11) is -2.84. The third-order valence-corrected chi connectivity index (χ3v) is 9.94. The Morgan fingerprint density at radius 1 is 1.17 bits per heavy atom. The van der Waals surface area contributed by atoms with Gasteiger partial charge in [-0.3, -0.25) is 9.78 Å². The maximum absolute atomic E-state index is 14.9. The SMILES string of the molecule is COCCOc1cnc2c(c1)C(F)(F)CCN2c1ccc2cnc(CNC(=O)c3cc(Br)c4c(c3)S(=O)(=O)[C@@H](F)CCO4)cc2n1. The molecule has 1 amide bonds. The number of methoxy groups -OCH3 is 1. The van der Waals surface area contributed by atoms with Crippen LogP contribution in [0, 0.1) is 0 Å². The van der Waals surface area contributed by atoms with Crippen molar-refractivity contribution in [2.45, 2.75) is 35.7 Å². The van der Waals surface area contributed by atoms with E-state index in [2.05, 4.69) is 36.2 Å². The zero-order chi connectivity index (χ0) is 32.6. The molecule has 46 heavy (non-hydrogen) atoms. The number of rotatable bonds is 8. The van der Waals surface area contributed by atoms with E-state index in [0.29, 0.717) is 29.0 Å². The zero-order valence-corrected chi connectivity index (χ0v) is 26.7. The van der Waals surface area contributed by atoms with Crippen LogP contribution in [0.2, 0.25) is 0 Å². The molecule has 16 heteroatoms. The maximum atomic E-state index is 14.9. The third-order valence-electron chi connectivity index (χ3n) is 7.53. The van der Waals surface area contributed by atoms with E-state index in [1.807, 2.05) is 0 Å². The quantitative estimate of drug-likeness (QED) is 0.241. The molecule has 6 rings (SSSR count). The van der Waals surface area contributed by atoms with E-state index < -0.39 is 38.5 Å². The average molecular weight is 723 g/mol. The Kier molecular flexibility index (Phi) is 8.78. The summed E-state index contributed by atoms with van der Waals surface area (Å²) in [6.07, 6.45) is 2.18. The van der Waals surface area contributed by atoms with Crippen molar-refractivity contribution >= 4 is 54.2 Å². The fourth-order valence-electron chi connectivity index (χ4n) is 5.12. The minimum Gasteiger partial charge on any atom is -0.491 e. The first-order valence-corrected chi connectivity index (χ1v) is 16.5. The Labute approximate surface area is 270 Å². The van der Waals surface area contributed by atoms with Gasteiger partial charge in [-0.05, 0) is 52.3 Å². The van der Waals surface area contributed by atoms with Crippen molar-refractivity contribution in [3.63, 3.8) is 0 Å². The highest BCUT2D eigenvalue weighted by Gasteiger charge is 2.42. The van der Waals surface area contributed by atoms with Gasteiger partial charge in [0.2, 0.25) is 15.3 Å². The van der Waals surface area contributed by atoms with E-state index in [0.717, 1.165) is 6.07 Å². The molecule has 0 spiro atoms. The zero-order valence-electron chi connectivity index (χ0n) is 24.3. The van der Waals surface area contributed by atoms with Crippen molar-refractivity contribution in [3.05, 3.63) is 70.1 Å². The minimum atomic E-state index is -4.36. The number of amides is 1. The highest BCUT2D eigenvalue weighted by atomic mass is 79.9. The van der Waals surface area contributed by atoms with Crippen LogP contribution in [-0.4, -0.2) is 68.3 Å². The highest BCUT2D eigenvalue weighted by molar-refractivity contribution is 9.10. The van der Waals surface area contributed by atoms with Crippen molar-refractivity contribution in [3.8, 4) is 11.5 Å². The molecule has 0 aliphatic carbocycles. The van der Waals surface area contributed by atoms with Crippen LogP contribution in [0.25, 0.3) is 10.9 Å². The van der Waals surface area contributed by atoms with Gasteiger partial charge in [0.15, 0.2) is 5.75 Å². The number of carbonyl (C=O) groups is 1. The number of aromatic nitrogens is 3. The standard InChI is InChI=1S/C30H27BrF3N5O6S/c1-43-8-9-44-20-13-21-28(36-16-20)39(6-5-30(21,33)34)26-3-2-17-14-35-19(12-23(17)38-26)15-37-29(40)18-10-22(31)27-24(11-18)46(41,42)25(32)4-7-45-27/h2-3,10-14,16,25H,4-9,15H2,1H3,(H,37,40)/t25-/m1/s1. The molecule has 0 saturated heterocycles. The molecule has 0 unspecified atom stereocenters. The van der Waals surface area contributed by atoms with Gasteiger partial charge in [0.05, 0.1) is 47.2 Å². The molecule has 242 valence electrons. The first-order valence-electron chi connectivity index (χ1n) is 14.1. The molecule has 11 nitrogen and oxygen atoms in total. The van der Waals surface area contributed by atoms with E-state index in [-0.39, 0.29) is 65.6 Å². The van der Waals surface area contributed by atoms with Gasteiger partial charge in [-0.2, -0.15) is 0 Å². The van der Waals surface area contributed by atoms with Crippen molar-refractivity contribution in [1.29, 1.82) is 0 Å². The van der Waals surface area contributed by atoms with Crippen LogP contribution in [0.15, 0.2) is 58.2 Å². The smallest absolute Gasteiger partial charge is 0.278 e. The van der Waals surface area contributed by atoms with Gasteiger partial charge in [0.25, 0.3) is 11.8 Å². The number of hydrogen-bond acceptors (Lipinski definition) is 10. The molecular weight excluding hydrogens is 695 g/mol. The molecule has 1 N–H and O–H groups in total. The molecule has 2 aliphatic rings. The van der Waals surface area contributed by atoms with Gasteiger partial charge in [-0.1, -0.05) is 0 Å². The number of anilines is 2. The van der Waals surface area contributed by atoms with Gasteiger partial charge < -0.3 is 24.4 Å². The Bertz CT molecular complexity index is 1930. The first kappa shape index (κ1) is 31.9. The van der Waals surface area contributed by atoms with Gasteiger partial charge >= 0.3 is 0 Å². The number of ether oxygens (including phenoxy) is 3. The summed E-state index contributed by atoms with van der Waals surface area (Å²) in [6, 6.07) is 8.88. The van der Waals surface area contributed by atoms with Crippen molar-refractivity contribution in [2.24, 2.45) is 0 Å². The van der Waals surface area contributed by atoms with Crippen molar-refractivity contribution < 1.29 is 40.6 Å². The van der Waals surface area contributed by atoms with Crippen LogP contribution in [-0.2, 0) is 27.0 Å². The number of hydrogen-bond donors (Lipinski definition) is 1. The number of fused-ring (bicyclic) bond motifs is 3. The van der Waals surface area contributed by atoms with E-state index >= 15 is 0 Å². The van der Waals surface area contributed by atoms with Crippen LogP contribution in [0.3, 0.4) is 0 Å². The van der Waals surface area contributed by atoms with Crippen LogP contribution in [0.5, 0.6) is 11.5 Å². The monoisotopic (exact) mass is 721 g/mol. The van der Waals surface area contributed by atoms with Crippen LogP contribution >= 0.6 is 15.9 Å². The normalized spacial score (nSPS) is 18.2. The number of carbonyl (C=O) groups excluding carboxylic acids is 1. The molecule has 5 heterocycles. The summed E-state index contributed by atoms with van der Waals surface area (Å²) >= 11 is 3.23. The van der Waals surface area contributed by atoms with Gasteiger partial charge in [0.1, 0.15) is 28.9 Å². The number of alkyl halides is 3. The van der Waals surface area contributed by atoms with E-state index in [4.69, 9.17) is 14.2 Å². The minimum absolute atomic E-state index is 0.0200. The first-order chi connectivity index (χ1) is 22.0. The number of pyridine rings is 3. The second kappa shape index (κ2) is 12.6. The number of nitrogens with zero attached hydrogens (tertiary/aromatic N) is 4. The predicted molar refractivity (Wildman–Crippen MR) is 164 cm³/mol. The van der Waals surface area contributed by atoms with Crippen LogP contribution < -0.4 is 19.7 Å². The van der Waals surface area contributed by atoms with Gasteiger partial charge in [-0.15, -0.1) is 0 Å². The lowest BCUT2D eigenvalue weighted by atomic mass is 10.0. The molecule has 1 aromatic carbocycles. The lowest BCUT2D eigenvalue weighted by molar-refractivity contribution is -0.0149. The average Bonchev–Trinajstić information content (AvgIpc) is 3.15. The largest absolute Gasteiger partial charge is 0.491 e. The maximum Gasteiger partial charge on any atom is 0.278 e. The van der Waals surface area contributed by atoms with Crippen molar-refractivity contribution in [2.75, 3.05) is 38.4 Å². The predicted octanol–water partition coefficient (Wildman–Crippen LogP) is 5.23. The molecule has 1 atom stereocenters. The Balaban J connectivity index is 1.22. The highest BCUT2D eigenvalue weighted by Crippen LogP contribution is 2.45. The summed E-state index contributed by atoms with van der Waals surface area (Å²) in [5.41, 5.74) is -1.50. The Morgan fingerprint density at radius 2 is 2.00 bits per heavy atom. The van der Waals surface area contributed by atoms with E-state index in [1.54, 1.807) is 29.3 Å². The fourth-order valence-corrected chi connectivity index (χ4v) is 7.23. The Morgan fingerprint density at radius 3 is 2.80 bits per heavy atom. The van der Waals surface area contributed by atoms with Crippen LogP contribution in [0.4, 0.5) is 24.8 Å². The molecule has 4 aromatic rings. The summed E-state index contributed by atoms with van der Waals surface area (Å²) < 4.78 is 85.7. The summed E-state index contributed by atoms with van der Waals surface area (Å²) in [6.45, 7) is 0.295. The molecule has 0 saturated carbocycles. The number of benzene rings is 1. The molecule has 2 aliphatic heterocycles. The topological polar surface area (TPSA) is 133 Å². The lowest BCUT2D eigenvalue weighted by Gasteiger charge is -2.34. The molecular formula is C30H27BrF3N5O6S. The van der Waals surface area contributed by atoms with Crippen molar-refractivity contribution in [1.82, 2.24) is 20.3 Å². The fraction of sp³-hybridized carbons (Fsp3) is 0.333. The number of sulfone groups is 1. The van der Waals surface area contributed by atoms with E-state index in [1.165, 1.54) is 25.4 Å². The molecule has 3 aromatic heterocycles. The molecule has 0 fully saturated rings. The summed E-state index contributed by atoms with van der Waals surface area (Å²) in [4.78, 5) is 27.6. The number of halogens is 4. The second-order valence-electron chi connectivity index (χ2n) is 10.6. The Hall–Kier alpha value is -4.02. The molecule has 0 radical (unpaired) electrons. The third kappa shape index (κ3) is 6.20. The second-order valence-corrected chi connectivity index (χ2v) is 13.5. The number of nitrogens with one attached hydrogen (secondary N) is 1. The van der Waals surface area contributed by atoms with Gasteiger partial charge in [0, 0.05) is 43.6 Å². The van der Waals surface area contributed by atoms with E-state index in [9.17, 15) is 26.4 Å². The lowest BCUT2D eigenvalue weighted by Crippen LogP contribution is -2.34.